The number of benzene rings is 2. The molecule has 0 aliphatic carbocycles. The second kappa shape index (κ2) is 6.23. The van der Waals surface area contributed by atoms with E-state index in [-0.39, 0.29) is 30.4 Å². The van der Waals surface area contributed by atoms with Crippen LogP contribution in [0.25, 0.3) is 0 Å². The molecule has 2 nitrogen and oxygen atoms in total. The summed E-state index contributed by atoms with van der Waals surface area (Å²) in [5.74, 6) is -2.56. The summed E-state index contributed by atoms with van der Waals surface area (Å²) in [5, 5.41) is 0. The fraction of sp³-hybridized carbons (Fsp3) is 0.133. The van der Waals surface area contributed by atoms with Crippen LogP contribution in [-0.4, -0.2) is 12.4 Å². The zero-order valence-electron chi connectivity index (χ0n) is 10.4. The monoisotopic (exact) mass is 280 g/mol. The highest BCUT2D eigenvalue weighted by molar-refractivity contribution is 5.82. The van der Waals surface area contributed by atoms with Crippen molar-refractivity contribution in [1.29, 1.82) is 0 Å². The van der Waals surface area contributed by atoms with Crippen LogP contribution in [0.4, 0.5) is 13.2 Å². The van der Waals surface area contributed by atoms with Gasteiger partial charge in [-0.1, -0.05) is 12.1 Å². The number of carbonyl (C=O) groups excluding carboxylic acids is 1. The number of Topliss-reactive ketones (excluding diaryl/α,β-unsaturated/α-hetero) is 1. The zero-order chi connectivity index (χ0) is 14.5. The van der Waals surface area contributed by atoms with Gasteiger partial charge in [-0.2, -0.15) is 0 Å². The summed E-state index contributed by atoms with van der Waals surface area (Å²) in [7, 11) is 0. The maximum absolute atomic E-state index is 12.9. The minimum absolute atomic E-state index is 0.0800. The number of hydrogen-bond donors (Lipinski definition) is 0. The van der Waals surface area contributed by atoms with E-state index in [0.29, 0.717) is 5.56 Å². The van der Waals surface area contributed by atoms with Crippen molar-refractivity contribution in [3.05, 3.63) is 65.5 Å². The second-order valence-corrected chi connectivity index (χ2v) is 4.21. The molecule has 0 amide bonds. The van der Waals surface area contributed by atoms with Crippen LogP contribution in [0.5, 0.6) is 5.75 Å². The van der Waals surface area contributed by atoms with Crippen LogP contribution >= 0.6 is 0 Å². The zero-order valence-corrected chi connectivity index (χ0v) is 10.4. The molecule has 0 bridgehead atoms. The van der Waals surface area contributed by atoms with Crippen LogP contribution in [0.1, 0.15) is 5.56 Å². The van der Waals surface area contributed by atoms with Crippen LogP contribution in [-0.2, 0) is 11.2 Å². The molecule has 0 aliphatic heterocycles. The molecule has 0 fully saturated rings. The molecule has 104 valence electrons. The maximum Gasteiger partial charge on any atom is 0.174 e. The van der Waals surface area contributed by atoms with Gasteiger partial charge in [-0.3, -0.25) is 4.79 Å². The van der Waals surface area contributed by atoms with Crippen molar-refractivity contribution in [3.8, 4) is 5.75 Å². The quantitative estimate of drug-likeness (QED) is 0.840. The van der Waals surface area contributed by atoms with Gasteiger partial charge in [0.15, 0.2) is 17.4 Å². The predicted octanol–water partition coefficient (Wildman–Crippen LogP) is 3.29. The number of ketones is 1. The lowest BCUT2D eigenvalue weighted by Crippen LogP contribution is -2.14. The van der Waals surface area contributed by atoms with E-state index in [1.807, 2.05) is 0 Å². The molecule has 2 aromatic rings. The Morgan fingerprint density at radius 2 is 1.65 bits per heavy atom. The molecular formula is C15H11F3O2. The smallest absolute Gasteiger partial charge is 0.174 e. The topological polar surface area (TPSA) is 26.3 Å². The summed E-state index contributed by atoms with van der Waals surface area (Å²) in [5.41, 5.74) is 0.658. The number of ether oxygens (including phenoxy) is 1. The van der Waals surface area contributed by atoms with Crippen molar-refractivity contribution < 1.29 is 22.7 Å². The lowest BCUT2D eigenvalue weighted by molar-refractivity contribution is -0.120. The molecule has 0 unspecified atom stereocenters. The Labute approximate surface area is 113 Å². The maximum atomic E-state index is 12.9. The molecule has 0 radical (unpaired) electrons. The summed E-state index contributed by atoms with van der Waals surface area (Å²) in [6.07, 6.45) is 0.0873. The van der Waals surface area contributed by atoms with Crippen molar-refractivity contribution in [2.45, 2.75) is 6.42 Å². The van der Waals surface area contributed by atoms with E-state index in [1.54, 1.807) is 0 Å². The van der Waals surface area contributed by atoms with Crippen LogP contribution < -0.4 is 4.74 Å². The van der Waals surface area contributed by atoms with Gasteiger partial charge in [-0.15, -0.1) is 0 Å². The summed E-state index contributed by atoms with van der Waals surface area (Å²) in [4.78, 5) is 11.6. The van der Waals surface area contributed by atoms with Gasteiger partial charge in [-0.05, 0) is 29.8 Å². The normalized spacial score (nSPS) is 10.3. The number of rotatable bonds is 5. The van der Waals surface area contributed by atoms with E-state index in [9.17, 15) is 18.0 Å². The van der Waals surface area contributed by atoms with Crippen molar-refractivity contribution in [1.82, 2.24) is 0 Å². The Hall–Kier alpha value is -2.30. The first-order chi connectivity index (χ1) is 9.54. The second-order valence-electron chi connectivity index (χ2n) is 4.21. The van der Waals surface area contributed by atoms with Gasteiger partial charge < -0.3 is 4.74 Å². The largest absolute Gasteiger partial charge is 0.486 e. The Kier molecular flexibility index (Phi) is 4.40. The van der Waals surface area contributed by atoms with Crippen molar-refractivity contribution >= 4 is 5.78 Å². The van der Waals surface area contributed by atoms with E-state index in [2.05, 4.69) is 0 Å². The molecule has 0 aromatic heterocycles. The first-order valence-corrected chi connectivity index (χ1v) is 5.88. The molecule has 2 rings (SSSR count). The summed E-state index contributed by atoms with van der Waals surface area (Å²) in [6, 6.07) is 8.58. The molecule has 2 aromatic carbocycles. The van der Waals surface area contributed by atoms with Gasteiger partial charge in [0.1, 0.15) is 18.2 Å². The molecule has 20 heavy (non-hydrogen) atoms. The Bertz CT molecular complexity index is 609. The van der Waals surface area contributed by atoms with Crippen LogP contribution in [0, 0.1) is 17.5 Å². The highest BCUT2D eigenvalue weighted by Gasteiger charge is 2.07. The molecule has 0 N–H and O–H groups in total. The number of carbonyl (C=O) groups is 1. The third-order valence-corrected chi connectivity index (χ3v) is 2.61. The highest BCUT2D eigenvalue weighted by Crippen LogP contribution is 2.15. The first kappa shape index (κ1) is 14.1. The van der Waals surface area contributed by atoms with Crippen molar-refractivity contribution in [2.75, 3.05) is 6.61 Å². The lowest BCUT2D eigenvalue weighted by Gasteiger charge is -2.06. The summed E-state index contributed by atoms with van der Waals surface area (Å²) < 4.78 is 43.4. The molecule has 0 aliphatic rings. The standard InChI is InChI=1S/C15H11F3O2/c16-11-3-1-10(2-4-11)7-12(19)9-20-13-5-6-14(17)15(18)8-13/h1-6,8H,7,9H2. The number of halogens is 3. The van der Waals surface area contributed by atoms with E-state index >= 15 is 0 Å². The average molecular weight is 280 g/mol. The Morgan fingerprint density at radius 3 is 2.30 bits per heavy atom. The van der Waals surface area contributed by atoms with Crippen LogP contribution in [0.3, 0.4) is 0 Å². The molecule has 0 saturated carbocycles. The van der Waals surface area contributed by atoms with Gasteiger partial charge in [0.05, 0.1) is 0 Å². The minimum Gasteiger partial charge on any atom is -0.486 e. The van der Waals surface area contributed by atoms with E-state index < -0.39 is 11.6 Å². The van der Waals surface area contributed by atoms with Crippen LogP contribution in [0.15, 0.2) is 42.5 Å². The van der Waals surface area contributed by atoms with Gasteiger partial charge >= 0.3 is 0 Å². The van der Waals surface area contributed by atoms with Gasteiger partial charge in [0.2, 0.25) is 0 Å². The lowest BCUT2D eigenvalue weighted by atomic mass is 10.1. The summed E-state index contributed by atoms with van der Waals surface area (Å²) in [6.45, 7) is -0.261. The fourth-order valence-corrected chi connectivity index (χ4v) is 1.61. The average Bonchev–Trinajstić information content (AvgIpc) is 2.43. The molecule has 0 atom stereocenters. The Morgan fingerprint density at radius 1 is 0.950 bits per heavy atom. The van der Waals surface area contributed by atoms with Gasteiger partial charge in [0, 0.05) is 12.5 Å². The van der Waals surface area contributed by atoms with Crippen molar-refractivity contribution in [3.63, 3.8) is 0 Å². The summed E-state index contributed by atoms with van der Waals surface area (Å²) >= 11 is 0. The molecule has 5 heteroatoms. The fourth-order valence-electron chi connectivity index (χ4n) is 1.61. The van der Waals surface area contributed by atoms with Gasteiger partial charge in [0.25, 0.3) is 0 Å². The first-order valence-electron chi connectivity index (χ1n) is 5.88. The molecule has 0 saturated heterocycles. The minimum atomic E-state index is -1.03. The number of hydrogen-bond acceptors (Lipinski definition) is 2. The highest BCUT2D eigenvalue weighted by atomic mass is 19.2. The van der Waals surface area contributed by atoms with E-state index in [0.717, 1.165) is 12.1 Å². The van der Waals surface area contributed by atoms with Crippen molar-refractivity contribution in [2.24, 2.45) is 0 Å². The Balaban J connectivity index is 1.88. The predicted molar refractivity (Wildman–Crippen MR) is 67.0 cm³/mol. The molecule has 0 spiro atoms. The third kappa shape index (κ3) is 3.85. The van der Waals surface area contributed by atoms with Crippen LogP contribution in [0.2, 0.25) is 0 Å². The third-order valence-electron chi connectivity index (χ3n) is 2.61. The molecular weight excluding hydrogens is 269 g/mol. The van der Waals surface area contributed by atoms with Gasteiger partial charge in [-0.25, -0.2) is 13.2 Å². The molecule has 0 heterocycles. The SMILES string of the molecule is O=C(COc1ccc(F)c(F)c1)Cc1ccc(F)cc1. The van der Waals surface area contributed by atoms with E-state index in [1.165, 1.54) is 30.3 Å². The van der Waals surface area contributed by atoms with E-state index in [4.69, 9.17) is 4.74 Å².